The van der Waals surface area contributed by atoms with Gasteiger partial charge in [-0.2, -0.15) is 0 Å². The molecule has 0 aromatic heterocycles. The predicted octanol–water partition coefficient (Wildman–Crippen LogP) is 4.99. The summed E-state index contributed by atoms with van der Waals surface area (Å²) in [6, 6.07) is 0. The molecule has 0 amide bonds. The zero-order chi connectivity index (χ0) is 10.2. The molecular formula is C13H27. The van der Waals surface area contributed by atoms with Crippen LogP contribution in [0.15, 0.2) is 0 Å². The molecule has 0 fully saturated rings. The zero-order valence-corrected chi connectivity index (χ0v) is 10.0. The highest BCUT2D eigenvalue weighted by Gasteiger charge is 2.13. The minimum atomic E-state index is 0.463. The van der Waals surface area contributed by atoms with Gasteiger partial charge >= 0.3 is 0 Å². The van der Waals surface area contributed by atoms with Crippen molar-refractivity contribution in [1.29, 1.82) is 0 Å². The van der Waals surface area contributed by atoms with E-state index in [1.165, 1.54) is 44.9 Å². The van der Waals surface area contributed by atoms with E-state index in [4.69, 9.17) is 0 Å². The van der Waals surface area contributed by atoms with Gasteiger partial charge in [0.05, 0.1) is 0 Å². The highest BCUT2D eigenvalue weighted by Crippen LogP contribution is 2.26. The highest BCUT2D eigenvalue weighted by molar-refractivity contribution is 4.83. The number of hydrogen-bond acceptors (Lipinski definition) is 0. The molecule has 0 heteroatoms. The van der Waals surface area contributed by atoms with Crippen molar-refractivity contribution in [3.8, 4) is 0 Å². The molecule has 0 aliphatic rings. The first kappa shape index (κ1) is 13.0. The van der Waals surface area contributed by atoms with Gasteiger partial charge in [0.2, 0.25) is 0 Å². The molecule has 0 unspecified atom stereocenters. The second-order valence-electron chi connectivity index (χ2n) is 4.75. The smallest absolute Gasteiger partial charge is 0.0326 e. The molecule has 0 aromatic rings. The van der Waals surface area contributed by atoms with Gasteiger partial charge in [0.25, 0.3) is 0 Å². The summed E-state index contributed by atoms with van der Waals surface area (Å²) in [6.45, 7) is 9.21. The number of unbranched alkanes of at least 4 members (excludes halogenated alkanes) is 5. The van der Waals surface area contributed by atoms with E-state index in [9.17, 15) is 0 Å². The minimum Gasteiger partial charge on any atom is -0.0654 e. The Balaban J connectivity index is 3.16. The van der Waals surface area contributed by atoms with Gasteiger partial charge in [0, 0.05) is 0 Å². The van der Waals surface area contributed by atoms with Crippen LogP contribution in [0.25, 0.3) is 0 Å². The van der Waals surface area contributed by atoms with Gasteiger partial charge in [-0.3, -0.25) is 0 Å². The monoisotopic (exact) mass is 183 g/mol. The van der Waals surface area contributed by atoms with Crippen LogP contribution >= 0.6 is 0 Å². The Morgan fingerprint density at radius 1 is 0.923 bits per heavy atom. The first-order valence-corrected chi connectivity index (χ1v) is 5.96. The van der Waals surface area contributed by atoms with Crippen molar-refractivity contribution in [2.75, 3.05) is 0 Å². The van der Waals surface area contributed by atoms with Crippen LogP contribution in [0, 0.1) is 11.8 Å². The molecule has 0 aromatic carbocycles. The lowest BCUT2D eigenvalue weighted by atomic mass is 9.84. The summed E-state index contributed by atoms with van der Waals surface area (Å²) in [5.74, 6) is 0. The Bertz CT molecular complexity index is 103. The summed E-state index contributed by atoms with van der Waals surface area (Å²) in [5, 5.41) is 0. The van der Waals surface area contributed by atoms with Gasteiger partial charge in [0.1, 0.15) is 0 Å². The molecule has 0 bridgehead atoms. The van der Waals surface area contributed by atoms with Crippen LogP contribution in [0.5, 0.6) is 0 Å². The molecule has 0 atom stereocenters. The van der Waals surface area contributed by atoms with Gasteiger partial charge < -0.3 is 0 Å². The van der Waals surface area contributed by atoms with Crippen LogP contribution in [0.1, 0.15) is 72.6 Å². The maximum Gasteiger partial charge on any atom is -0.0326 e. The van der Waals surface area contributed by atoms with Crippen LogP contribution in [0.4, 0.5) is 0 Å². The Labute approximate surface area is 85.1 Å². The number of rotatable bonds is 8. The van der Waals surface area contributed by atoms with Crippen molar-refractivity contribution in [3.05, 3.63) is 6.42 Å². The van der Waals surface area contributed by atoms with E-state index in [0.717, 1.165) is 0 Å². The average molecular weight is 183 g/mol. The minimum absolute atomic E-state index is 0.463. The highest BCUT2D eigenvalue weighted by atomic mass is 14.2. The standard InChI is InChI=1S/C13H27/c1-5-7-8-9-10-11-12-13(3,4)6-2/h12H,5-11H2,1-4H3. The molecule has 0 aliphatic carbocycles. The van der Waals surface area contributed by atoms with E-state index in [0.29, 0.717) is 5.41 Å². The van der Waals surface area contributed by atoms with Crippen molar-refractivity contribution >= 4 is 0 Å². The second kappa shape index (κ2) is 7.41. The first-order valence-electron chi connectivity index (χ1n) is 5.96. The van der Waals surface area contributed by atoms with E-state index >= 15 is 0 Å². The maximum absolute atomic E-state index is 2.50. The summed E-state index contributed by atoms with van der Waals surface area (Å²) in [5.41, 5.74) is 0.463. The quantitative estimate of drug-likeness (QED) is 0.465. The number of hydrogen-bond donors (Lipinski definition) is 0. The summed E-state index contributed by atoms with van der Waals surface area (Å²) in [6.07, 6.45) is 12.1. The Morgan fingerprint density at radius 2 is 1.54 bits per heavy atom. The normalized spacial score (nSPS) is 12.0. The lowest BCUT2D eigenvalue weighted by Gasteiger charge is -2.21. The summed E-state index contributed by atoms with van der Waals surface area (Å²) in [4.78, 5) is 0. The summed E-state index contributed by atoms with van der Waals surface area (Å²) in [7, 11) is 0. The Hall–Kier alpha value is 0. The SMILES string of the molecule is CCCCCCC[CH]C(C)(C)CC. The molecular weight excluding hydrogens is 156 g/mol. The third-order valence-corrected chi connectivity index (χ3v) is 2.92. The fraction of sp³-hybridized carbons (Fsp3) is 0.923. The molecule has 1 radical (unpaired) electrons. The zero-order valence-electron chi connectivity index (χ0n) is 10.0. The van der Waals surface area contributed by atoms with Crippen molar-refractivity contribution in [1.82, 2.24) is 0 Å². The largest absolute Gasteiger partial charge is 0.0654 e. The molecule has 0 spiro atoms. The van der Waals surface area contributed by atoms with Gasteiger partial charge in [-0.05, 0) is 18.3 Å². The third-order valence-electron chi connectivity index (χ3n) is 2.92. The van der Waals surface area contributed by atoms with Gasteiger partial charge in [-0.15, -0.1) is 0 Å². The van der Waals surface area contributed by atoms with Crippen molar-refractivity contribution in [3.63, 3.8) is 0 Å². The lowest BCUT2D eigenvalue weighted by molar-refractivity contribution is 0.400. The first-order chi connectivity index (χ1) is 6.12. The third kappa shape index (κ3) is 8.33. The van der Waals surface area contributed by atoms with Gasteiger partial charge in [0.15, 0.2) is 0 Å². The average Bonchev–Trinajstić information content (AvgIpc) is 2.11. The summed E-state index contributed by atoms with van der Waals surface area (Å²) >= 11 is 0. The maximum atomic E-state index is 2.50. The van der Waals surface area contributed by atoms with Crippen molar-refractivity contribution < 1.29 is 0 Å². The fourth-order valence-electron chi connectivity index (χ4n) is 1.39. The van der Waals surface area contributed by atoms with Crippen LogP contribution in [-0.2, 0) is 0 Å². The lowest BCUT2D eigenvalue weighted by Crippen LogP contribution is -2.09. The van der Waals surface area contributed by atoms with E-state index in [1.807, 2.05) is 0 Å². The van der Waals surface area contributed by atoms with Crippen LogP contribution in [-0.4, -0.2) is 0 Å². The van der Waals surface area contributed by atoms with E-state index in [-0.39, 0.29) is 0 Å². The van der Waals surface area contributed by atoms with Gasteiger partial charge in [-0.25, -0.2) is 0 Å². The Morgan fingerprint density at radius 3 is 2.08 bits per heavy atom. The molecule has 0 saturated carbocycles. The van der Waals surface area contributed by atoms with Crippen molar-refractivity contribution in [2.45, 2.75) is 72.6 Å². The van der Waals surface area contributed by atoms with Crippen LogP contribution < -0.4 is 0 Å². The summed E-state index contributed by atoms with van der Waals surface area (Å²) < 4.78 is 0. The molecule has 0 aliphatic heterocycles. The molecule has 0 nitrogen and oxygen atoms in total. The predicted molar refractivity (Wildman–Crippen MR) is 61.7 cm³/mol. The fourth-order valence-corrected chi connectivity index (χ4v) is 1.39. The van der Waals surface area contributed by atoms with E-state index < -0.39 is 0 Å². The molecule has 79 valence electrons. The van der Waals surface area contributed by atoms with Gasteiger partial charge in [-0.1, -0.05) is 66.2 Å². The van der Waals surface area contributed by atoms with E-state index in [2.05, 4.69) is 34.1 Å². The molecule has 13 heavy (non-hydrogen) atoms. The Kier molecular flexibility index (Phi) is 7.41. The molecule has 0 N–H and O–H groups in total. The second-order valence-corrected chi connectivity index (χ2v) is 4.75. The molecule has 0 heterocycles. The molecule has 0 rings (SSSR count). The van der Waals surface area contributed by atoms with Crippen LogP contribution in [0.3, 0.4) is 0 Å². The van der Waals surface area contributed by atoms with E-state index in [1.54, 1.807) is 0 Å². The topological polar surface area (TPSA) is 0 Å². The molecule has 0 saturated heterocycles. The van der Waals surface area contributed by atoms with Crippen LogP contribution in [0.2, 0.25) is 0 Å². The van der Waals surface area contributed by atoms with Crippen molar-refractivity contribution in [2.24, 2.45) is 5.41 Å².